The van der Waals surface area contributed by atoms with Crippen LogP contribution < -0.4 is 4.74 Å². The Morgan fingerprint density at radius 1 is 0.857 bits per heavy atom. The molecule has 0 bridgehead atoms. The summed E-state index contributed by atoms with van der Waals surface area (Å²) in [5.41, 5.74) is 1.61. The van der Waals surface area contributed by atoms with Crippen molar-refractivity contribution in [2.24, 2.45) is 4.40 Å². The summed E-state index contributed by atoms with van der Waals surface area (Å²) < 4.78 is 63.8. The molecule has 0 aromatic heterocycles. The van der Waals surface area contributed by atoms with E-state index in [1.165, 1.54) is 16.4 Å². The number of ether oxygens (including phenoxy) is 1. The third-order valence-electron chi connectivity index (χ3n) is 5.88. The molecule has 10 heteroatoms. The third kappa shape index (κ3) is 5.09. The topological polar surface area (TPSA) is 96.3 Å². The zero-order chi connectivity index (χ0) is 25.2. The fourth-order valence-electron chi connectivity index (χ4n) is 4.04. The average molecular weight is 514 g/mol. The number of sulfonamides is 2. The monoisotopic (exact) mass is 513 g/mol. The summed E-state index contributed by atoms with van der Waals surface area (Å²) in [6.07, 6.45) is -0.775. The lowest BCUT2D eigenvalue weighted by Crippen LogP contribution is -2.37. The first kappa shape index (κ1) is 24.9. The van der Waals surface area contributed by atoms with Gasteiger partial charge in [0.05, 0.1) is 16.9 Å². The van der Waals surface area contributed by atoms with E-state index in [1.54, 1.807) is 85.7 Å². The molecule has 1 saturated heterocycles. The van der Waals surface area contributed by atoms with Gasteiger partial charge in [0, 0.05) is 13.1 Å². The molecule has 4 rings (SSSR count). The predicted molar refractivity (Wildman–Crippen MR) is 134 cm³/mol. The van der Waals surface area contributed by atoms with Crippen LogP contribution in [-0.2, 0) is 20.0 Å². The highest BCUT2D eigenvalue weighted by molar-refractivity contribution is 7.90. The van der Waals surface area contributed by atoms with Crippen LogP contribution in [0.4, 0.5) is 0 Å². The molecule has 0 N–H and O–H groups in total. The van der Waals surface area contributed by atoms with Gasteiger partial charge in [-0.2, -0.15) is 12.7 Å². The van der Waals surface area contributed by atoms with Crippen LogP contribution in [0.15, 0.2) is 93.1 Å². The van der Waals surface area contributed by atoms with Crippen molar-refractivity contribution >= 4 is 25.9 Å². The van der Waals surface area contributed by atoms with Gasteiger partial charge in [-0.05, 0) is 55.8 Å². The minimum atomic E-state index is -3.98. The van der Waals surface area contributed by atoms with Gasteiger partial charge in [0.15, 0.2) is 0 Å². The molecule has 1 fully saturated rings. The van der Waals surface area contributed by atoms with E-state index in [1.807, 2.05) is 6.92 Å². The minimum Gasteiger partial charge on any atom is -0.497 e. The van der Waals surface area contributed by atoms with Gasteiger partial charge in [0.2, 0.25) is 10.0 Å². The maximum atomic E-state index is 13.6. The zero-order valence-electron chi connectivity index (χ0n) is 19.7. The molecule has 3 aromatic carbocycles. The average Bonchev–Trinajstić information content (AvgIpc) is 3.31. The van der Waals surface area contributed by atoms with Crippen molar-refractivity contribution in [1.29, 1.82) is 0 Å². The van der Waals surface area contributed by atoms with Gasteiger partial charge in [-0.25, -0.2) is 8.42 Å². The van der Waals surface area contributed by atoms with Gasteiger partial charge in [0.25, 0.3) is 10.0 Å². The molecule has 184 valence electrons. The Morgan fingerprint density at radius 3 is 2.09 bits per heavy atom. The van der Waals surface area contributed by atoms with E-state index in [4.69, 9.17) is 4.74 Å². The number of nitrogens with zero attached hydrogens (tertiary/aromatic N) is 3. The van der Waals surface area contributed by atoms with Crippen molar-refractivity contribution in [3.63, 3.8) is 0 Å². The molecule has 0 aliphatic carbocycles. The number of methoxy groups -OCH3 is 1. The van der Waals surface area contributed by atoms with E-state index < -0.39 is 26.2 Å². The fourth-order valence-corrected chi connectivity index (χ4v) is 6.67. The molecule has 0 radical (unpaired) electrons. The lowest BCUT2D eigenvalue weighted by Gasteiger charge is -2.31. The number of aryl methyl sites for hydroxylation is 1. The molecule has 1 unspecified atom stereocenters. The Balaban J connectivity index is 1.76. The predicted octanol–water partition coefficient (Wildman–Crippen LogP) is 3.82. The molecular formula is C25H27N3O5S2. The van der Waals surface area contributed by atoms with Crippen molar-refractivity contribution in [2.75, 3.05) is 20.2 Å². The molecular weight excluding hydrogens is 486 g/mol. The Labute approximate surface area is 206 Å². The lowest BCUT2D eigenvalue weighted by molar-refractivity contribution is 0.284. The second-order valence-electron chi connectivity index (χ2n) is 8.20. The highest BCUT2D eigenvalue weighted by Crippen LogP contribution is 2.36. The van der Waals surface area contributed by atoms with Crippen LogP contribution in [-0.4, -0.2) is 52.1 Å². The normalized spacial score (nSPS) is 17.5. The fraction of sp³-hybridized carbons (Fsp3) is 0.240. The van der Waals surface area contributed by atoms with Crippen molar-refractivity contribution in [2.45, 2.75) is 29.8 Å². The van der Waals surface area contributed by atoms with Crippen LogP contribution in [0.5, 0.6) is 5.75 Å². The summed E-state index contributed by atoms with van der Waals surface area (Å²) in [6, 6.07) is 21.7. The lowest BCUT2D eigenvalue weighted by atomic mass is 10.1. The second kappa shape index (κ2) is 9.80. The minimum absolute atomic E-state index is 0.0800. The van der Waals surface area contributed by atoms with Gasteiger partial charge in [0.1, 0.15) is 17.8 Å². The number of rotatable bonds is 6. The molecule has 0 amide bonds. The maximum absolute atomic E-state index is 13.6. The summed E-state index contributed by atoms with van der Waals surface area (Å²) in [5, 5.41) is 0. The molecule has 0 spiro atoms. The second-order valence-corrected chi connectivity index (χ2v) is 11.7. The summed E-state index contributed by atoms with van der Waals surface area (Å²) in [4.78, 5) is 1.95. The van der Waals surface area contributed by atoms with Crippen molar-refractivity contribution in [3.8, 4) is 5.75 Å². The highest BCUT2D eigenvalue weighted by atomic mass is 32.2. The first-order valence-corrected chi connectivity index (χ1v) is 13.9. The number of hydrogen-bond donors (Lipinski definition) is 0. The first-order chi connectivity index (χ1) is 16.6. The van der Waals surface area contributed by atoms with Crippen LogP contribution >= 0.6 is 0 Å². The van der Waals surface area contributed by atoms with Crippen LogP contribution in [0.2, 0.25) is 0 Å². The number of amidine groups is 1. The SMILES string of the molecule is COc1ccc(C2N(/C(C)=N\S(=O)(=O)c3ccc(C)cc3)CCN2S(=O)(=O)c2ccccc2)cc1. The van der Waals surface area contributed by atoms with Crippen LogP contribution in [0.3, 0.4) is 0 Å². The smallest absolute Gasteiger partial charge is 0.283 e. The van der Waals surface area contributed by atoms with E-state index in [-0.39, 0.29) is 28.7 Å². The summed E-state index contributed by atoms with van der Waals surface area (Å²) in [7, 11) is -6.29. The van der Waals surface area contributed by atoms with Crippen molar-refractivity contribution < 1.29 is 21.6 Å². The molecule has 3 aromatic rings. The van der Waals surface area contributed by atoms with Crippen molar-refractivity contribution in [1.82, 2.24) is 9.21 Å². The molecule has 1 heterocycles. The van der Waals surface area contributed by atoms with E-state index in [2.05, 4.69) is 4.40 Å². The molecule has 0 saturated carbocycles. The van der Waals surface area contributed by atoms with Crippen molar-refractivity contribution in [3.05, 3.63) is 90.0 Å². The zero-order valence-corrected chi connectivity index (χ0v) is 21.3. The summed E-state index contributed by atoms with van der Waals surface area (Å²) >= 11 is 0. The molecule has 1 aliphatic rings. The number of hydrogen-bond acceptors (Lipinski definition) is 5. The van der Waals surface area contributed by atoms with Crippen LogP contribution in [0.1, 0.15) is 24.2 Å². The highest BCUT2D eigenvalue weighted by Gasteiger charge is 2.42. The molecule has 35 heavy (non-hydrogen) atoms. The Bertz CT molecular complexity index is 1420. The van der Waals surface area contributed by atoms with Gasteiger partial charge in [-0.3, -0.25) is 0 Å². The third-order valence-corrected chi connectivity index (χ3v) is 9.12. The Morgan fingerprint density at radius 2 is 1.49 bits per heavy atom. The van der Waals surface area contributed by atoms with Gasteiger partial charge < -0.3 is 9.64 Å². The molecule has 1 atom stereocenters. The quantitative estimate of drug-likeness (QED) is 0.367. The van der Waals surface area contributed by atoms with Gasteiger partial charge >= 0.3 is 0 Å². The Kier molecular flexibility index (Phi) is 6.98. The van der Waals surface area contributed by atoms with Gasteiger partial charge in [-0.1, -0.05) is 48.0 Å². The van der Waals surface area contributed by atoms with Crippen LogP contribution in [0.25, 0.3) is 0 Å². The molecule has 1 aliphatic heterocycles. The first-order valence-electron chi connectivity index (χ1n) is 11.0. The van der Waals surface area contributed by atoms with Crippen LogP contribution in [0, 0.1) is 6.92 Å². The van der Waals surface area contributed by atoms with E-state index in [0.29, 0.717) is 11.3 Å². The number of benzene rings is 3. The summed E-state index contributed by atoms with van der Waals surface area (Å²) in [6.45, 7) is 3.91. The van der Waals surface area contributed by atoms with Gasteiger partial charge in [-0.15, -0.1) is 4.40 Å². The Hall–Kier alpha value is -3.21. The van der Waals surface area contributed by atoms with E-state index in [9.17, 15) is 16.8 Å². The maximum Gasteiger partial charge on any atom is 0.283 e. The van der Waals surface area contributed by atoms with E-state index >= 15 is 0 Å². The van der Waals surface area contributed by atoms with E-state index in [0.717, 1.165) is 5.56 Å². The standard InChI is InChI=1S/C25H27N3O5S2/c1-19-9-15-23(16-10-19)34(29,30)26-20(2)27-17-18-28(35(31,32)24-7-5-4-6-8-24)25(27)21-11-13-22(33-3)14-12-21/h4-16,25H,17-18H2,1-3H3/b26-20-. The molecule has 8 nitrogen and oxygen atoms in total. The largest absolute Gasteiger partial charge is 0.497 e. The summed E-state index contributed by atoms with van der Waals surface area (Å²) in [5.74, 6) is 0.834.